The molecule has 1 aromatic rings. The maximum Gasteiger partial charge on any atom is 0.120 e. The van der Waals surface area contributed by atoms with Crippen molar-refractivity contribution in [3.05, 3.63) is 23.0 Å². The molecule has 4 saturated carbocycles. The van der Waals surface area contributed by atoms with E-state index in [0.717, 1.165) is 30.0 Å². The molecular weight excluding hydrogens is 320 g/mol. The number of nitrogens with zero attached hydrogens (tertiary/aromatic N) is 4. The Labute approximate surface area is 157 Å². The number of aromatic nitrogens is 1. The van der Waals surface area contributed by atoms with Gasteiger partial charge in [0.05, 0.1) is 0 Å². The van der Waals surface area contributed by atoms with Gasteiger partial charge in [0.2, 0.25) is 0 Å². The average Bonchev–Trinajstić information content (AvgIpc) is 2.89. The summed E-state index contributed by atoms with van der Waals surface area (Å²) in [7, 11) is 2.00. The molecule has 2 heterocycles. The van der Waals surface area contributed by atoms with E-state index < -0.39 is 0 Å². The second-order valence-corrected chi connectivity index (χ2v) is 9.72. The minimum atomic E-state index is 0.567. The van der Waals surface area contributed by atoms with Gasteiger partial charge in [-0.15, -0.1) is 0 Å². The van der Waals surface area contributed by atoms with Crippen LogP contribution in [-0.2, 0) is 13.6 Å². The summed E-state index contributed by atoms with van der Waals surface area (Å²) in [5.41, 5.74) is 3.92. The van der Waals surface area contributed by atoms with Gasteiger partial charge < -0.3 is 4.57 Å². The van der Waals surface area contributed by atoms with Crippen LogP contribution in [-0.4, -0.2) is 46.1 Å². The maximum absolute atomic E-state index is 9.26. The minimum absolute atomic E-state index is 0.567. The van der Waals surface area contributed by atoms with Crippen LogP contribution in [0.15, 0.2) is 6.07 Å². The first kappa shape index (κ1) is 16.8. The summed E-state index contributed by atoms with van der Waals surface area (Å²) in [4.78, 5) is 5.49. The van der Waals surface area contributed by atoms with Crippen molar-refractivity contribution in [3.8, 4) is 6.07 Å². The summed E-state index contributed by atoms with van der Waals surface area (Å²) < 4.78 is 2.03. The van der Waals surface area contributed by atoms with Crippen molar-refractivity contribution in [3.63, 3.8) is 0 Å². The molecule has 26 heavy (non-hydrogen) atoms. The number of nitriles is 1. The monoisotopic (exact) mass is 352 g/mol. The van der Waals surface area contributed by atoms with Crippen LogP contribution in [0.5, 0.6) is 0 Å². The van der Waals surface area contributed by atoms with Crippen LogP contribution in [0.2, 0.25) is 0 Å². The first-order valence-electron chi connectivity index (χ1n) is 10.6. The van der Waals surface area contributed by atoms with E-state index in [1.807, 2.05) is 11.6 Å². The lowest BCUT2D eigenvalue weighted by molar-refractivity contribution is -0.101. The molecule has 0 atom stereocenters. The van der Waals surface area contributed by atoms with E-state index in [1.54, 1.807) is 0 Å². The largest absolute Gasteiger partial charge is 0.340 e. The molecule has 0 amide bonds. The standard InChI is InChI=1S/C22H32N4/c1-16-20(10-21(14-23)24(16)2)15-25-3-5-26(6-4-25)22-11-17-7-18(12-22)9-19(8-17)13-22/h10,17-19H,3-9,11-13,15H2,1-2H3. The second-order valence-electron chi connectivity index (χ2n) is 9.72. The molecule has 0 N–H and O–H groups in total. The summed E-state index contributed by atoms with van der Waals surface area (Å²) in [6.07, 6.45) is 9.07. The highest BCUT2D eigenvalue weighted by atomic mass is 15.3. The Kier molecular flexibility index (Phi) is 3.95. The van der Waals surface area contributed by atoms with Gasteiger partial charge in [-0.25, -0.2) is 0 Å². The predicted molar refractivity (Wildman–Crippen MR) is 103 cm³/mol. The van der Waals surface area contributed by atoms with Gasteiger partial charge in [-0.05, 0) is 74.8 Å². The van der Waals surface area contributed by atoms with Crippen LogP contribution in [0.4, 0.5) is 0 Å². The summed E-state index contributed by atoms with van der Waals surface area (Å²) in [6.45, 7) is 7.97. The maximum atomic E-state index is 9.26. The summed E-state index contributed by atoms with van der Waals surface area (Å²) in [5.74, 6) is 3.11. The molecule has 5 fully saturated rings. The Morgan fingerprint density at radius 2 is 1.62 bits per heavy atom. The molecule has 140 valence electrons. The van der Waals surface area contributed by atoms with Crippen molar-refractivity contribution in [1.82, 2.24) is 14.4 Å². The Morgan fingerprint density at radius 1 is 1.04 bits per heavy atom. The molecule has 4 heteroatoms. The Bertz CT molecular complexity index is 697. The highest BCUT2D eigenvalue weighted by Gasteiger charge is 2.53. The molecule has 1 saturated heterocycles. The van der Waals surface area contributed by atoms with Crippen LogP contribution in [0.25, 0.3) is 0 Å². The van der Waals surface area contributed by atoms with Crippen molar-refractivity contribution in [1.29, 1.82) is 5.26 Å². The zero-order chi connectivity index (χ0) is 17.9. The molecule has 0 radical (unpaired) electrons. The van der Waals surface area contributed by atoms with Crippen LogP contribution in [0, 0.1) is 36.0 Å². The van der Waals surface area contributed by atoms with Gasteiger partial charge in [0.15, 0.2) is 0 Å². The zero-order valence-corrected chi connectivity index (χ0v) is 16.4. The summed E-state index contributed by atoms with van der Waals surface area (Å²) in [5, 5.41) is 9.26. The van der Waals surface area contributed by atoms with E-state index in [9.17, 15) is 5.26 Å². The van der Waals surface area contributed by atoms with Crippen molar-refractivity contribution < 1.29 is 0 Å². The van der Waals surface area contributed by atoms with E-state index in [0.29, 0.717) is 5.54 Å². The highest BCUT2D eigenvalue weighted by Crippen LogP contribution is 2.57. The zero-order valence-electron chi connectivity index (χ0n) is 16.4. The molecule has 5 aliphatic rings. The summed E-state index contributed by atoms with van der Waals surface area (Å²) in [6, 6.07) is 4.40. The van der Waals surface area contributed by atoms with Gasteiger partial charge in [-0.3, -0.25) is 9.80 Å². The van der Waals surface area contributed by atoms with Crippen molar-refractivity contribution >= 4 is 0 Å². The van der Waals surface area contributed by atoms with Gasteiger partial charge in [-0.2, -0.15) is 5.26 Å². The van der Waals surface area contributed by atoms with Gasteiger partial charge in [-0.1, -0.05) is 0 Å². The van der Waals surface area contributed by atoms with Crippen molar-refractivity contribution in [2.75, 3.05) is 26.2 Å². The van der Waals surface area contributed by atoms with E-state index in [-0.39, 0.29) is 0 Å². The predicted octanol–water partition coefficient (Wildman–Crippen LogP) is 3.29. The van der Waals surface area contributed by atoms with Crippen LogP contribution in [0.3, 0.4) is 0 Å². The molecule has 1 aliphatic heterocycles. The topological polar surface area (TPSA) is 35.2 Å². The fourth-order valence-electron chi connectivity index (χ4n) is 7.10. The van der Waals surface area contributed by atoms with Crippen LogP contribution < -0.4 is 0 Å². The van der Waals surface area contributed by atoms with E-state index in [4.69, 9.17) is 0 Å². The first-order valence-corrected chi connectivity index (χ1v) is 10.6. The Balaban J connectivity index is 1.24. The lowest BCUT2D eigenvalue weighted by Crippen LogP contribution is -2.63. The van der Waals surface area contributed by atoms with Gasteiger partial charge >= 0.3 is 0 Å². The van der Waals surface area contributed by atoms with Crippen molar-refractivity contribution in [2.45, 2.75) is 57.5 Å². The molecule has 4 nitrogen and oxygen atoms in total. The fourth-order valence-corrected chi connectivity index (χ4v) is 7.10. The minimum Gasteiger partial charge on any atom is -0.340 e. The number of piperazine rings is 1. The van der Waals surface area contributed by atoms with E-state index >= 15 is 0 Å². The normalized spacial score (nSPS) is 37.2. The molecular formula is C22H32N4. The van der Waals surface area contributed by atoms with Crippen LogP contribution >= 0.6 is 0 Å². The summed E-state index contributed by atoms with van der Waals surface area (Å²) >= 11 is 0. The molecule has 0 unspecified atom stereocenters. The van der Waals surface area contributed by atoms with Crippen molar-refractivity contribution in [2.24, 2.45) is 24.8 Å². The molecule has 4 aliphatic carbocycles. The van der Waals surface area contributed by atoms with Gasteiger partial charge in [0.25, 0.3) is 0 Å². The third-order valence-electron chi connectivity index (χ3n) is 8.20. The van der Waals surface area contributed by atoms with E-state index in [2.05, 4.69) is 28.9 Å². The Morgan fingerprint density at radius 3 is 2.12 bits per heavy atom. The third-order valence-corrected chi connectivity index (χ3v) is 8.20. The average molecular weight is 353 g/mol. The second kappa shape index (κ2) is 6.11. The highest BCUT2D eigenvalue weighted by molar-refractivity contribution is 5.34. The van der Waals surface area contributed by atoms with Gasteiger partial charge in [0, 0.05) is 51.0 Å². The van der Waals surface area contributed by atoms with E-state index in [1.165, 1.54) is 76.0 Å². The molecule has 0 spiro atoms. The lowest BCUT2D eigenvalue weighted by Gasteiger charge is -2.61. The fraction of sp³-hybridized carbons (Fsp3) is 0.773. The Hall–Kier alpha value is -1.31. The number of rotatable bonds is 3. The first-order chi connectivity index (χ1) is 12.6. The molecule has 4 bridgehead atoms. The lowest BCUT2D eigenvalue weighted by atomic mass is 9.52. The van der Waals surface area contributed by atoms with Crippen LogP contribution in [0.1, 0.15) is 55.5 Å². The molecule has 6 rings (SSSR count). The third kappa shape index (κ3) is 2.63. The SMILES string of the molecule is Cc1c(CN2CCN(C34CC5CC(CC(C5)C3)C4)CC2)cc(C#N)n1C. The molecule has 0 aromatic carbocycles. The number of hydrogen-bond donors (Lipinski definition) is 0. The number of hydrogen-bond acceptors (Lipinski definition) is 3. The smallest absolute Gasteiger partial charge is 0.120 e. The van der Waals surface area contributed by atoms with Gasteiger partial charge in [0.1, 0.15) is 11.8 Å². The quantitative estimate of drug-likeness (QED) is 0.837. The molecule has 1 aromatic heterocycles.